The highest BCUT2D eigenvalue weighted by Gasteiger charge is 2.16. The van der Waals surface area contributed by atoms with Gasteiger partial charge in [0.25, 0.3) is 0 Å². The molecule has 0 aliphatic carbocycles. The van der Waals surface area contributed by atoms with Crippen LogP contribution in [0.2, 0.25) is 5.02 Å². The van der Waals surface area contributed by atoms with Gasteiger partial charge in [0.1, 0.15) is 4.90 Å². The van der Waals surface area contributed by atoms with Gasteiger partial charge >= 0.3 is 0 Å². The van der Waals surface area contributed by atoms with Crippen LogP contribution in [-0.4, -0.2) is 33.2 Å². The molecule has 1 aromatic heterocycles. The molecular weight excluding hydrogens is 252 g/mol. The van der Waals surface area contributed by atoms with Crippen molar-refractivity contribution in [1.29, 1.82) is 0 Å². The van der Waals surface area contributed by atoms with Crippen molar-refractivity contribution in [2.45, 2.75) is 11.8 Å². The summed E-state index contributed by atoms with van der Waals surface area (Å²) < 4.78 is 30.8. The zero-order valence-electron chi connectivity index (χ0n) is 8.81. The summed E-state index contributed by atoms with van der Waals surface area (Å²) in [4.78, 5) is 3.70. The molecule has 0 saturated carbocycles. The Morgan fingerprint density at radius 1 is 1.56 bits per heavy atom. The Morgan fingerprint density at radius 3 is 2.94 bits per heavy atom. The van der Waals surface area contributed by atoms with Crippen molar-refractivity contribution in [3.8, 4) is 0 Å². The Balaban J connectivity index is 2.68. The normalized spacial score (nSPS) is 11.6. The van der Waals surface area contributed by atoms with E-state index in [-0.39, 0.29) is 16.5 Å². The summed E-state index contributed by atoms with van der Waals surface area (Å²) in [6, 6.07) is 1.43. The van der Waals surface area contributed by atoms with E-state index in [2.05, 4.69) is 9.71 Å². The van der Waals surface area contributed by atoms with Crippen molar-refractivity contribution < 1.29 is 13.2 Å². The van der Waals surface area contributed by atoms with Gasteiger partial charge < -0.3 is 4.74 Å². The number of halogens is 1. The maximum absolute atomic E-state index is 11.7. The first-order valence-corrected chi connectivity index (χ1v) is 6.61. The number of ether oxygens (including phenoxy) is 1. The number of pyridine rings is 1. The predicted octanol–water partition coefficient (Wildman–Crippen LogP) is 1.05. The van der Waals surface area contributed by atoms with Gasteiger partial charge in [0, 0.05) is 25.5 Å². The summed E-state index contributed by atoms with van der Waals surface area (Å²) in [5.74, 6) is 0. The molecule has 90 valence electrons. The van der Waals surface area contributed by atoms with Crippen molar-refractivity contribution in [3.63, 3.8) is 0 Å². The zero-order valence-corrected chi connectivity index (χ0v) is 10.4. The molecule has 0 radical (unpaired) electrons. The van der Waals surface area contributed by atoms with E-state index >= 15 is 0 Å². The SMILES string of the molecule is CCOCCNS(=O)(=O)c1cnccc1Cl. The molecule has 1 rings (SSSR count). The molecule has 0 amide bonds. The van der Waals surface area contributed by atoms with Crippen molar-refractivity contribution in [1.82, 2.24) is 9.71 Å². The van der Waals surface area contributed by atoms with Crippen LogP contribution in [0.3, 0.4) is 0 Å². The molecule has 1 N–H and O–H groups in total. The molecule has 0 unspecified atom stereocenters. The highest BCUT2D eigenvalue weighted by Crippen LogP contribution is 2.18. The number of hydrogen-bond acceptors (Lipinski definition) is 4. The van der Waals surface area contributed by atoms with Crippen molar-refractivity contribution in [2.75, 3.05) is 19.8 Å². The molecule has 16 heavy (non-hydrogen) atoms. The lowest BCUT2D eigenvalue weighted by molar-refractivity contribution is 0.153. The molecule has 0 bridgehead atoms. The summed E-state index contributed by atoms with van der Waals surface area (Å²) in [7, 11) is -3.60. The van der Waals surface area contributed by atoms with Crippen LogP contribution >= 0.6 is 11.6 Å². The van der Waals surface area contributed by atoms with Crippen LogP contribution in [0.25, 0.3) is 0 Å². The summed E-state index contributed by atoms with van der Waals surface area (Å²) in [5, 5.41) is 0.152. The van der Waals surface area contributed by atoms with Crippen LogP contribution in [0.4, 0.5) is 0 Å². The molecule has 0 atom stereocenters. The molecule has 1 heterocycles. The molecule has 0 fully saturated rings. The van der Waals surface area contributed by atoms with Gasteiger partial charge in [0.2, 0.25) is 10.0 Å². The maximum atomic E-state index is 11.7. The Hall–Kier alpha value is -0.690. The molecule has 0 aromatic carbocycles. The molecule has 5 nitrogen and oxygen atoms in total. The van der Waals surface area contributed by atoms with E-state index in [0.29, 0.717) is 13.2 Å². The average Bonchev–Trinajstić information content (AvgIpc) is 2.25. The molecule has 0 aliphatic heterocycles. The smallest absolute Gasteiger partial charge is 0.243 e. The van der Waals surface area contributed by atoms with E-state index in [4.69, 9.17) is 16.3 Å². The van der Waals surface area contributed by atoms with Gasteiger partial charge in [-0.2, -0.15) is 0 Å². The number of nitrogens with one attached hydrogen (secondary N) is 1. The minimum atomic E-state index is -3.60. The fourth-order valence-corrected chi connectivity index (χ4v) is 2.47. The van der Waals surface area contributed by atoms with Gasteiger partial charge in [-0.25, -0.2) is 13.1 Å². The third kappa shape index (κ3) is 3.71. The Bertz CT molecular complexity index is 436. The maximum Gasteiger partial charge on any atom is 0.243 e. The van der Waals surface area contributed by atoms with Gasteiger partial charge in [-0.05, 0) is 13.0 Å². The third-order valence-electron chi connectivity index (χ3n) is 1.77. The second-order valence-corrected chi connectivity index (χ2v) is 5.04. The van der Waals surface area contributed by atoms with Gasteiger partial charge in [-0.1, -0.05) is 11.6 Å². The Kier molecular flexibility index (Phi) is 5.14. The lowest BCUT2D eigenvalue weighted by Crippen LogP contribution is -2.27. The third-order valence-corrected chi connectivity index (χ3v) is 3.70. The first-order valence-electron chi connectivity index (χ1n) is 4.75. The average molecular weight is 265 g/mol. The minimum Gasteiger partial charge on any atom is -0.380 e. The lowest BCUT2D eigenvalue weighted by Gasteiger charge is -2.07. The second-order valence-electron chi connectivity index (χ2n) is 2.90. The highest BCUT2D eigenvalue weighted by atomic mass is 35.5. The van der Waals surface area contributed by atoms with Gasteiger partial charge in [0.05, 0.1) is 11.6 Å². The number of aromatic nitrogens is 1. The van der Waals surface area contributed by atoms with Crippen LogP contribution in [0.15, 0.2) is 23.4 Å². The molecule has 0 spiro atoms. The number of rotatable bonds is 6. The first kappa shape index (κ1) is 13.4. The number of sulfonamides is 1. The standard InChI is InChI=1S/C9H13ClN2O3S/c1-2-15-6-5-12-16(13,14)9-7-11-4-3-8(9)10/h3-4,7,12H,2,5-6H2,1H3. The largest absolute Gasteiger partial charge is 0.380 e. The predicted molar refractivity (Wildman–Crippen MR) is 60.9 cm³/mol. The van der Waals surface area contributed by atoms with Crippen molar-refractivity contribution in [3.05, 3.63) is 23.5 Å². The van der Waals surface area contributed by atoms with Crippen LogP contribution < -0.4 is 4.72 Å². The fourth-order valence-electron chi connectivity index (χ4n) is 1.03. The van der Waals surface area contributed by atoms with Gasteiger partial charge in [-0.3, -0.25) is 4.98 Å². The summed E-state index contributed by atoms with van der Waals surface area (Å²) in [6.45, 7) is 2.93. The summed E-state index contributed by atoms with van der Waals surface area (Å²) in [5.41, 5.74) is 0. The van der Waals surface area contributed by atoms with Crippen molar-refractivity contribution in [2.24, 2.45) is 0 Å². The van der Waals surface area contributed by atoms with Crippen LogP contribution in [0, 0.1) is 0 Å². The van der Waals surface area contributed by atoms with Gasteiger partial charge in [0.15, 0.2) is 0 Å². The van der Waals surface area contributed by atoms with E-state index in [0.717, 1.165) is 0 Å². The van der Waals surface area contributed by atoms with E-state index in [1.54, 1.807) is 0 Å². The molecule has 1 aromatic rings. The number of nitrogens with zero attached hydrogens (tertiary/aromatic N) is 1. The molecule has 0 aliphatic rings. The highest BCUT2D eigenvalue weighted by molar-refractivity contribution is 7.89. The quantitative estimate of drug-likeness (QED) is 0.780. The zero-order chi connectivity index (χ0) is 12.0. The number of hydrogen-bond donors (Lipinski definition) is 1. The lowest BCUT2D eigenvalue weighted by atomic mass is 10.5. The van der Waals surface area contributed by atoms with E-state index in [1.165, 1.54) is 18.5 Å². The minimum absolute atomic E-state index is 0.0202. The molecule has 0 saturated heterocycles. The van der Waals surface area contributed by atoms with Crippen LogP contribution in [0.5, 0.6) is 0 Å². The van der Waals surface area contributed by atoms with Crippen molar-refractivity contribution >= 4 is 21.6 Å². The topological polar surface area (TPSA) is 68.3 Å². The summed E-state index contributed by atoms with van der Waals surface area (Å²) in [6.07, 6.45) is 2.65. The van der Waals surface area contributed by atoms with Gasteiger partial charge in [-0.15, -0.1) is 0 Å². The van der Waals surface area contributed by atoms with Crippen LogP contribution in [0.1, 0.15) is 6.92 Å². The Morgan fingerprint density at radius 2 is 2.31 bits per heavy atom. The summed E-state index contributed by atoms with van der Waals surface area (Å²) >= 11 is 5.76. The molecule has 7 heteroatoms. The molecular formula is C9H13ClN2O3S. The van der Waals surface area contributed by atoms with E-state index in [1.807, 2.05) is 6.92 Å². The first-order chi connectivity index (χ1) is 7.58. The Labute approximate surface area is 99.8 Å². The van der Waals surface area contributed by atoms with Crippen LogP contribution in [-0.2, 0) is 14.8 Å². The van der Waals surface area contributed by atoms with E-state index < -0.39 is 10.0 Å². The fraction of sp³-hybridized carbons (Fsp3) is 0.444. The second kappa shape index (κ2) is 6.15. The monoisotopic (exact) mass is 264 g/mol. The van der Waals surface area contributed by atoms with E-state index in [9.17, 15) is 8.42 Å².